The van der Waals surface area contributed by atoms with Gasteiger partial charge in [-0.1, -0.05) is 0 Å². The Balaban J connectivity index is 2.93. The van der Waals surface area contributed by atoms with E-state index >= 15 is 0 Å². The van der Waals surface area contributed by atoms with E-state index in [1.807, 2.05) is 0 Å². The Bertz CT molecular complexity index is 110. The van der Waals surface area contributed by atoms with Crippen molar-refractivity contribution in [1.82, 2.24) is 15.1 Å². The SMILES string of the molecule is CN(C)CCCCNCCCCN(C)C. The van der Waals surface area contributed by atoms with Crippen LogP contribution in [0.25, 0.3) is 0 Å². The second-order valence-electron chi connectivity index (χ2n) is 4.77. The summed E-state index contributed by atoms with van der Waals surface area (Å²) in [6.45, 7) is 4.77. The normalized spacial score (nSPS) is 11.6. The molecule has 0 bridgehead atoms. The van der Waals surface area contributed by atoms with Crippen LogP contribution < -0.4 is 5.32 Å². The summed E-state index contributed by atoms with van der Waals surface area (Å²) in [5.41, 5.74) is 0. The van der Waals surface area contributed by atoms with Crippen molar-refractivity contribution >= 4 is 0 Å². The first-order valence-electron chi connectivity index (χ1n) is 6.13. The molecule has 0 atom stereocenters. The Morgan fingerprint density at radius 3 is 1.40 bits per heavy atom. The van der Waals surface area contributed by atoms with Gasteiger partial charge in [-0.25, -0.2) is 0 Å². The highest BCUT2D eigenvalue weighted by molar-refractivity contribution is 4.52. The zero-order valence-electron chi connectivity index (χ0n) is 11.1. The predicted octanol–water partition coefficient (Wildman–Crippen LogP) is 1.26. The largest absolute Gasteiger partial charge is 0.317 e. The fourth-order valence-corrected chi connectivity index (χ4v) is 1.48. The van der Waals surface area contributed by atoms with E-state index in [0.29, 0.717) is 0 Å². The standard InChI is InChI=1S/C12H29N3/c1-14(2)11-7-5-9-13-10-6-8-12-15(3)4/h13H,5-12H2,1-4H3. The van der Waals surface area contributed by atoms with Gasteiger partial charge < -0.3 is 15.1 Å². The average Bonchev–Trinajstić information content (AvgIpc) is 2.14. The zero-order valence-corrected chi connectivity index (χ0v) is 11.1. The molecule has 0 rings (SSSR count). The van der Waals surface area contributed by atoms with Crippen LogP contribution in [0.5, 0.6) is 0 Å². The molecule has 0 radical (unpaired) electrons. The lowest BCUT2D eigenvalue weighted by molar-refractivity contribution is 0.384. The van der Waals surface area contributed by atoms with Gasteiger partial charge in [0.2, 0.25) is 0 Å². The van der Waals surface area contributed by atoms with E-state index in [-0.39, 0.29) is 0 Å². The summed E-state index contributed by atoms with van der Waals surface area (Å²) in [6, 6.07) is 0. The third-order valence-corrected chi connectivity index (χ3v) is 2.42. The molecule has 1 N–H and O–H groups in total. The third kappa shape index (κ3) is 13.9. The molecule has 0 saturated carbocycles. The van der Waals surface area contributed by atoms with E-state index in [2.05, 4.69) is 43.3 Å². The number of unbranched alkanes of at least 4 members (excludes halogenated alkanes) is 2. The Hall–Kier alpha value is -0.120. The van der Waals surface area contributed by atoms with Crippen molar-refractivity contribution in [2.75, 3.05) is 54.4 Å². The smallest absolute Gasteiger partial charge is 0.00244 e. The molecule has 3 heteroatoms. The van der Waals surface area contributed by atoms with Gasteiger partial charge in [0.15, 0.2) is 0 Å². The molecule has 0 unspecified atom stereocenters. The highest BCUT2D eigenvalue weighted by Crippen LogP contribution is 1.91. The molecule has 0 aliphatic carbocycles. The Morgan fingerprint density at radius 2 is 1.07 bits per heavy atom. The van der Waals surface area contributed by atoms with Crippen molar-refractivity contribution in [3.05, 3.63) is 0 Å². The highest BCUT2D eigenvalue weighted by Gasteiger charge is 1.93. The van der Waals surface area contributed by atoms with Gasteiger partial charge in [0.05, 0.1) is 0 Å². The monoisotopic (exact) mass is 215 g/mol. The van der Waals surface area contributed by atoms with Crippen molar-refractivity contribution in [2.45, 2.75) is 25.7 Å². The predicted molar refractivity (Wildman–Crippen MR) is 68.4 cm³/mol. The topological polar surface area (TPSA) is 18.5 Å². The first kappa shape index (κ1) is 14.9. The van der Waals surface area contributed by atoms with Gasteiger partial charge in [-0.05, 0) is 80.1 Å². The molecule has 0 saturated heterocycles. The van der Waals surface area contributed by atoms with E-state index < -0.39 is 0 Å². The molecule has 0 heterocycles. The molecule has 0 aliphatic rings. The molecule has 15 heavy (non-hydrogen) atoms. The van der Waals surface area contributed by atoms with Crippen molar-refractivity contribution in [2.24, 2.45) is 0 Å². The molecule has 0 fully saturated rings. The van der Waals surface area contributed by atoms with Crippen LogP contribution in [0.1, 0.15) is 25.7 Å². The van der Waals surface area contributed by atoms with Gasteiger partial charge in [0, 0.05) is 0 Å². The molecule has 3 nitrogen and oxygen atoms in total. The quantitative estimate of drug-likeness (QED) is 0.554. The van der Waals surface area contributed by atoms with Gasteiger partial charge in [-0.2, -0.15) is 0 Å². The number of nitrogens with one attached hydrogen (secondary N) is 1. The average molecular weight is 215 g/mol. The Kier molecular flexibility index (Phi) is 10.3. The van der Waals surface area contributed by atoms with Crippen molar-refractivity contribution < 1.29 is 0 Å². The summed E-state index contributed by atoms with van der Waals surface area (Å²) in [5.74, 6) is 0. The van der Waals surface area contributed by atoms with Gasteiger partial charge >= 0.3 is 0 Å². The number of nitrogens with zero attached hydrogens (tertiary/aromatic N) is 2. The van der Waals surface area contributed by atoms with Crippen LogP contribution >= 0.6 is 0 Å². The molecule has 0 spiro atoms. The third-order valence-electron chi connectivity index (χ3n) is 2.42. The van der Waals surface area contributed by atoms with Crippen LogP contribution in [0.2, 0.25) is 0 Å². The first-order valence-corrected chi connectivity index (χ1v) is 6.13. The summed E-state index contributed by atoms with van der Waals surface area (Å²) < 4.78 is 0. The number of hydrogen-bond donors (Lipinski definition) is 1. The van der Waals surface area contributed by atoms with Gasteiger partial charge in [-0.15, -0.1) is 0 Å². The minimum atomic E-state index is 1.18. The van der Waals surface area contributed by atoms with Crippen LogP contribution in [0.4, 0.5) is 0 Å². The lowest BCUT2D eigenvalue weighted by Gasteiger charge is -2.10. The van der Waals surface area contributed by atoms with Crippen molar-refractivity contribution in [1.29, 1.82) is 0 Å². The molecule has 0 aromatic heterocycles. The van der Waals surface area contributed by atoms with E-state index in [0.717, 1.165) is 0 Å². The summed E-state index contributed by atoms with van der Waals surface area (Å²) in [4.78, 5) is 4.49. The van der Waals surface area contributed by atoms with Crippen LogP contribution in [-0.4, -0.2) is 64.2 Å². The maximum Gasteiger partial charge on any atom is -0.00244 e. The van der Waals surface area contributed by atoms with Crippen LogP contribution in [0.3, 0.4) is 0 Å². The van der Waals surface area contributed by atoms with Gasteiger partial charge in [0.25, 0.3) is 0 Å². The highest BCUT2D eigenvalue weighted by atomic mass is 15.1. The summed E-state index contributed by atoms with van der Waals surface area (Å²) in [7, 11) is 8.53. The van der Waals surface area contributed by atoms with Crippen LogP contribution in [0, 0.1) is 0 Å². The molecule has 0 aliphatic heterocycles. The summed E-state index contributed by atoms with van der Waals surface area (Å²) >= 11 is 0. The van der Waals surface area contributed by atoms with Crippen LogP contribution in [0.15, 0.2) is 0 Å². The fraction of sp³-hybridized carbons (Fsp3) is 1.00. The minimum Gasteiger partial charge on any atom is -0.317 e. The molecule has 0 amide bonds. The lowest BCUT2D eigenvalue weighted by Crippen LogP contribution is -2.20. The first-order chi connectivity index (χ1) is 7.13. The number of rotatable bonds is 10. The minimum absolute atomic E-state index is 1.18. The second kappa shape index (κ2) is 10.4. The maximum atomic E-state index is 3.50. The van der Waals surface area contributed by atoms with Crippen LogP contribution in [-0.2, 0) is 0 Å². The number of hydrogen-bond acceptors (Lipinski definition) is 3. The second-order valence-corrected chi connectivity index (χ2v) is 4.77. The maximum absolute atomic E-state index is 3.50. The fourth-order valence-electron chi connectivity index (χ4n) is 1.48. The Morgan fingerprint density at radius 1 is 0.667 bits per heavy atom. The van der Waals surface area contributed by atoms with E-state index in [4.69, 9.17) is 0 Å². The molecular formula is C12H29N3. The van der Waals surface area contributed by atoms with E-state index in [1.54, 1.807) is 0 Å². The van der Waals surface area contributed by atoms with E-state index in [1.165, 1.54) is 51.9 Å². The molecule has 92 valence electrons. The van der Waals surface area contributed by atoms with Gasteiger partial charge in [-0.3, -0.25) is 0 Å². The lowest BCUT2D eigenvalue weighted by atomic mass is 10.2. The van der Waals surface area contributed by atoms with Gasteiger partial charge in [0.1, 0.15) is 0 Å². The molecule has 0 aromatic rings. The summed E-state index contributed by atoms with van der Waals surface area (Å²) in [5, 5.41) is 3.50. The zero-order chi connectivity index (χ0) is 11.5. The summed E-state index contributed by atoms with van der Waals surface area (Å²) in [6.07, 6.45) is 5.20. The van der Waals surface area contributed by atoms with E-state index in [9.17, 15) is 0 Å². The Labute approximate surface area is 95.8 Å². The molecular weight excluding hydrogens is 186 g/mol. The van der Waals surface area contributed by atoms with Crippen molar-refractivity contribution in [3.8, 4) is 0 Å². The molecule has 0 aromatic carbocycles. The van der Waals surface area contributed by atoms with Crippen molar-refractivity contribution in [3.63, 3.8) is 0 Å².